The van der Waals surface area contributed by atoms with Gasteiger partial charge in [-0.15, -0.1) is 0 Å². The van der Waals surface area contributed by atoms with Gasteiger partial charge in [-0.3, -0.25) is 0 Å². The van der Waals surface area contributed by atoms with Crippen molar-refractivity contribution in [2.24, 2.45) is 0 Å². The monoisotopic (exact) mass is 356 g/mol. The molecule has 0 amide bonds. The fourth-order valence-electron chi connectivity index (χ4n) is 1.78. The number of hydrogen-bond acceptors (Lipinski definition) is 4. The molecule has 1 N–H and O–H groups in total. The lowest BCUT2D eigenvalue weighted by molar-refractivity contribution is 0.248. The summed E-state index contributed by atoms with van der Waals surface area (Å²) in [4.78, 5) is 0. The van der Waals surface area contributed by atoms with E-state index in [4.69, 9.17) is 20.9 Å². The third-order valence-electron chi connectivity index (χ3n) is 3.02. The fraction of sp³-hybridized carbons (Fsp3) is 0.357. The van der Waals surface area contributed by atoms with Gasteiger partial charge in [0, 0.05) is 23.1 Å². The Bertz CT molecular complexity index is 599. The molecule has 4 nitrogen and oxygen atoms in total. The summed E-state index contributed by atoms with van der Waals surface area (Å²) in [6.45, 7) is 1.05. The summed E-state index contributed by atoms with van der Waals surface area (Å²) in [6, 6.07) is 8.04. The van der Waals surface area contributed by atoms with Crippen LogP contribution in [0, 0.1) is 0 Å². The summed E-state index contributed by atoms with van der Waals surface area (Å²) in [6.07, 6.45) is 2.52. The third-order valence-corrected chi connectivity index (χ3v) is 3.83. The Morgan fingerprint density at radius 2 is 2.25 bits per heavy atom. The van der Waals surface area contributed by atoms with E-state index in [1.807, 2.05) is 18.2 Å². The Kier molecular flexibility index (Phi) is 4.29. The number of ether oxygens (including phenoxy) is 1. The molecular formula is C14H14BrClN2O2. The minimum atomic E-state index is 0.312. The summed E-state index contributed by atoms with van der Waals surface area (Å²) in [5.41, 5.74) is 0.899. The third kappa shape index (κ3) is 3.75. The van der Waals surface area contributed by atoms with E-state index in [0.29, 0.717) is 29.2 Å². The first-order chi connectivity index (χ1) is 9.70. The van der Waals surface area contributed by atoms with Crippen molar-refractivity contribution in [2.45, 2.75) is 32.0 Å². The van der Waals surface area contributed by atoms with E-state index in [1.54, 1.807) is 6.07 Å². The summed E-state index contributed by atoms with van der Waals surface area (Å²) < 4.78 is 11.8. The molecule has 1 aromatic carbocycles. The smallest absolute Gasteiger partial charge is 0.174 e. The van der Waals surface area contributed by atoms with Crippen molar-refractivity contribution < 1.29 is 9.26 Å². The van der Waals surface area contributed by atoms with Crippen LogP contribution in [-0.2, 0) is 13.2 Å². The molecule has 1 heterocycles. The van der Waals surface area contributed by atoms with Crippen LogP contribution in [0.15, 0.2) is 33.3 Å². The molecule has 0 spiro atoms. The average Bonchev–Trinajstić information content (AvgIpc) is 3.16. The van der Waals surface area contributed by atoms with Crippen molar-refractivity contribution in [1.29, 1.82) is 0 Å². The van der Waals surface area contributed by atoms with Crippen LogP contribution in [0.25, 0.3) is 0 Å². The topological polar surface area (TPSA) is 47.3 Å². The van der Waals surface area contributed by atoms with Gasteiger partial charge in [0.25, 0.3) is 0 Å². The highest BCUT2D eigenvalue weighted by Gasteiger charge is 2.20. The van der Waals surface area contributed by atoms with Gasteiger partial charge < -0.3 is 14.6 Å². The second-order valence-electron chi connectivity index (χ2n) is 4.80. The molecule has 6 heteroatoms. The van der Waals surface area contributed by atoms with Gasteiger partial charge in [0.2, 0.25) is 0 Å². The first-order valence-electron chi connectivity index (χ1n) is 6.46. The first kappa shape index (κ1) is 13.9. The zero-order chi connectivity index (χ0) is 13.9. The van der Waals surface area contributed by atoms with Gasteiger partial charge in [-0.2, -0.15) is 0 Å². The van der Waals surface area contributed by atoms with Crippen molar-refractivity contribution in [1.82, 2.24) is 10.5 Å². The van der Waals surface area contributed by atoms with Gasteiger partial charge >= 0.3 is 0 Å². The van der Waals surface area contributed by atoms with E-state index in [9.17, 15) is 0 Å². The fourth-order valence-corrected chi connectivity index (χ4v) is 2.29. The van der Waals surface area contributed by atoms with Gasteiger partial charge in [-0.05, 0) is 31.0 Å². The molecule has 1 aliphatic rings. The second kappa shape index (κ2) is 6.16. The molecule has 106 valence electrons. The van der Waals surface area contributed by atoms with Crippen molar-refractivity contribution >= 4 is 27.5 Å². The molecule has 0 bridgehead atoms. The van der Waals surface area contributed by atoms with Crippen LogP contribution in [0.2, 0.25) is 5.02 Å². The molecule has 0 atom stereocenters. The summed E-state index contributed by atoms with van der Waals surface area (Å²) in [5.74, 6) is 1.31. The lowest BCUT2D eigenvalue weighted by Gasteiger charge is -2.06. The van der Waals surface area contributed by atoms with Crippen LogP contribution in [0.1, 0.15) is 24.3 Å². The molecule has 1 saturated carbocycles. The highest BCUT2D eigenvalue weighted by atomic mass is 79.9. The Hall–Kier alpha value is -1.04. The highest BCUT2D eigenvalue weighted by Crippen LogP contribution is 2.28. The van der Waals surface area contributed by atoms with Crippen molar-refractivity contribution in [3.63, 3.8) is 0 Å². The van der Waals surface area contributed by atoms with Gasteiger partial charge in [-0.25, -0.2) is 0 Å². The molecule has 3 rings (SSSR count). The van der Waals surface area contributed by atoms with Gasteiger partial charge in [0.05, 0.1) is 10.7 Å². The highest BCUT2D eigenvalue weighted by molar-refractivity contribution is 9.10. The van der Waals surface area contributed by atoms with Crippen molar-refractivity contribution in [2.75, 3.05) is 0 Å². The molecule has 20 heavy (non-hydrogen) atoms. The van der Waals surface area contributed by atoms with Crippen molar-refractivity contribution in [3.8, 4) is 5.75 Å². The van der Waals surface area contributed by atoms with Crippen LogP contribution in [0.5, 0.6) is 5.75 Å². The number of nitrogens with one attached hydrogen (secondary N) is 1. The van der Waals surface area contributed by atoms with E-state index in [0.717, 1.165) is 16.7 Å². The summed E-state index contributed by atoms with van der Waals surface area (Å²) in [5, 5.41) is 7.97. The van der Waals surface area contributed by atoms with E-state index in [1.165, 1.54) is 12.8 Å². The standard InChI is InChI=1S/C14H14BrClN2O2/c15-9-1-4-13(16)14(5-9)19-8-12-6-11(18-20-12)7-17-10-2-3-10/h1,4-6,10,17H,2-3,7-8H2. The molecule has 0 unspecified atom stereocenters. The lowest BCUT2D eigenvalue weighted by Crippen LogP contribution is -2.15. The molecular weight excluding hydrogens is 344 g/mol. The Morgan fingerprint density at radius 3 is 3.05 bits per heavy atom. The number of hydrogen-bond donors (Lipinski definition) is 1. The minimum Gasteiger partial charge on any atom is -0.484 e. The normalized spacial score (nSPS) is 14.5. The SMILES string of the molecule is Clc1ccc(Br)cc1OCc1cc(CNC2CC2)no1. The summed E-state index contributed by atoms with van der Waals surface area (Å²) in [7, 11) is 0. The van der Waals surface area contributed by atoms with Crippen LogP contribution in [0.3, 0.4) is 0 Å². The lowest BCUT2D eigenvalue weighted by atomic mass is 10.3. The van der Waals surface area contributed by atoms with Crippen LogP contribution < -0.4 is 10.1 Å². The minimum absolute atomic E-state index is 0.312. The van der Waals surface area contributed by atoms with Gasteiger partial charge in [0.1, 0.15) is 12.4 Å². The second-order valence-corrected chi connectivity index (χ2v) is 6.13. The van der Waals surface area contributed by atoms with Crippen LogP contribution in [0.4, 0.5) is 0 Å². The van der Waals surface area contributed by atoms with Gasteiger partial charge in [-0.1, -0.05) is 32.7 Å². The molecule has 0 radical (unpaired) electrons. The zero-order valence-corrected chi connectivity index (χ0v) is 13.1. The van der Waals surface area contributed by atoms with E-state index in [2.05, 4.69) is 26.4 Å². The maximum absolute atomic E-state index is 6.06. The molecule has 1 aliphatic carbocycles. The number of aromatic nitrogens is 1. The predicted octanol–water partition coefficient (Wildman–Crippen LogP) is 3.92. The molecule has 2 aromatic rings. The Labute approximate surface area is 130 Å². The number of nitrogens with zero attached hydrogens (tertiary/aromatic N) is 1. The quantitative estimate of drug-likeness (QED) is 0.851. The van der Waals surface area contributed by atoms with Crippen molar-refractivity contribution in [3.05, 3.63) is 45.2 Å². The number of benzene rings is 1. The Morgan fingerprint density at radius 1 is 1.40 bits per heavy atom. The van der Waals surface area contributed by atoms with Gasteiger partial charge in [0.15, 0.2) is 5.76 Å². The predicted molar refractivity (Wildman–Crippen MR) is 79.8 cm³/mol. The average molecular weight is 358 g/mol. The zero-order valence-electron chi connectivity index (χ0n) is 10.7. The number of halogens is 2. The van der Waals surface area contributed by atoms with E-state index in [-0.39, 0.29) is 0 Å². The van der Waals surface area contributed by atoms with Crippen LogP contribution >= 0.6 is 27.5 Å². The Balaban J connectivity index is 1.55. The maximum Gasteiger partial charge on any atom is 0.174 e. The summed E-state index contributed by atoms with van der Waals surface area (Å²) >= 11 is 9.44. The van der Waals surface area contributed by atoms with Crippen LogP contribution in [-0.4, -0.2) is 11.2 Å². The largest absolute Gasteiger partial charge is 0.484 e. The van der Waals surface area contributed by atoms with E-state index < -0.39 is 0 Å². The molecule has 0 saturated heterocycles. The van der Waals surface area contributed by atoms with E-state index >= 15 is 0 Å². The molecule has 1 fully saturated rings. The molecule has 0 aliphatic heterocycles. The first-order valence-corrected chi connectivity index (χ1v) is 7.63. The number of rotatable bonds is 6. The molecule has 1 aromatic heterocycles. The maximum atomic E-state index is 6.06.